The molecule has 2 amide bonds. The average Bonchev–Trinajstić information content (AvgIpc) is 3.36. The molecule has 0 radical (unpaired) electrons. The zero-order valence-corrected chi connectivity index (χ0v) is 21.8. The first-order valence-electron chi connectivity index (χ1n) is 12.8. The number of H-pyrrole nitrogens is 1. The molecule has 1 atom stereocenters. The topological polar surface area (TPSA) is 192 Å². The summed E-state index contributed by atoms with van der Waals surface area (Å²) in [4.78, 5) is 56.8. The van der Waals surface area contributed by atoms with Crippen LogP contribution in [-0.4, -0.2) is 63.2 Å². The number of carbonyl (C=O) groups excluding carboxylic acids is 2. The van der Waals surface area contributed by atoms with E-state index < -0.39 is 17.3 Å². The van der Waals surface area contributed by atoms with Crippen LogP contribution >= 0.6 is 0 Å². The van der Waals surface area contributed by atoms with Crippen molar-refractivity contribution in [1.29, 1.82) is 0 Å². The molecule has 0 saturated heterocycles. The van der Waals surface area contributed by atoms with Crippen LogP contribution in [0.15, 0.2) is 33.9 Å². The molecule has 3 aromatic rings. The third kappa shape index (κ3) is 6.86. The van der Waals surface area contributed by atoms with Crippen LogP contribution in [0.25, 0.3) is 22.6 Å². The van der Waals surface area contributed by atoms with Gasteiger partial charge in [-0.3, -0.25) is 23.5 Å². The van der Waals surface area contributed by atoms with E-state index in [0.29, 0.717) is 42.3 Å². The van der Waals surface area contributed by atoms with Crippen LogP contribution in [0.2, 0.25) is 0 Å². The van der Waals surface area contributed by atoms with Gasteiger partial charge in [-0.05, 0) is 57.5 Å². The fraction of sp³-hybridized carbons (Fsp3) is 0.480. The monoisotopic (exact) mass is 528 g/mol. The first kappa shape index (κ1) is 28.6. The molecular weight excluding hydrogens is 492 g/mol. The van der Waals surface area contributed by atoms with Gasteiger partial charge in [0.05, 0.1) is 6.04 Å². The molecule has 0 unspecified atom stereocenters. The smallest absolute Gasteiger partial charge is 0.332 e. The van der Waals surface area contributed by atoms with E-state index in [4.69, 9.17) is 16.2 Å². The lowest BCUT2D eigenvalue weighted by atomic mass is 10.1. The van der Waals surface area contributed by atoms with Crippen LogP contribution in [-0.2, 0) is 22.7 Å². The Labute approximate surface area is 219 Å². The van der Waals surface area contributed by atoms with E-state index in [1.54, 1.807) is 31.2 Å². The number of amides is 2. The molecule has 1 aromatic carbocycles. The summed E-state index contributed by atoms with van der Waals surface area (Å²) in [5.74, 6) is 0.317. The summed E-state index contributed by atoms with van der Waals surface area (Å²) in [7, 11) is 0. The van der Waals surface area contributed by atoms with E-state index in [1.807, 2.05) is 6.92 Å². The standard InChI is InChI=1S/C25H36N8O5/c1-3-32-22-20(24(36)33(4-2)25(32)37)30-21(31-22)16-8-10-17(11-9-16)38-15-19(34)28-13-14-29-23(35)18(27)7-5-6-12-26/h8-11,18H,3-7,12-15,26-27H2,1-2H3,(H,28,34)(H,29,35)(H,30,31)/t18-/m1/s1. The highest BCUT2D eigenvalue weighted by molar-refractivity contribution is 5.81. The highest BCUT2D eigenvalue weighted by atomic mass is 16.5. The van der Waals surface area contributed by atoms with Crippen LogP contribution in [0.1, 0.15) is 33.1 Å². The van der Waals surface area contributed by atoms with E-state index in [9.17, 15) is 19.2 Å². The van der Waals surface area contributed by atoms with Crippen molar-refractivity contribution in [2.45, 2.75) is 52.2 Å². The lowest BCUT2D eigenvalue weighted by Gasteiger charge is -2.12. The van der Waals surface area contributed by atoms with Gasteiger partial charge < -0.3 is 31.8 Å². The number of hydrogen-bond acceptors (Lipinski definition) is 8. The van der Waals surface area contributed by atoms with Gasteiger partial charge in [-0.25, -0.2) is 9.78 Å². The molecule has 0 aliphatic carbocycles. The number of nitrogens with one attached hydrogen (secondary N) is 3. The number of rotatable bonds is 14. The number of aryl methyl sites for hydroxylation is 1. The Kier molecular flexibility index (Phi) is 10.2. The van der Waals surface area contributed by atoms with E-state index in [0.717, 1.165) is 12.8 Å². The number of aromatic amines is 1. The minimum atomic E-state index is -0.588. The second kappa shape index (κ2) is 13.5. The van der Waals surface area contributed by atoms with Crippen LogP contribution < -0.4 is 38.1 Å². The minimum absolute atomic E-state index is 0.199. The Bertz CT molecular complexity index is 1360. The number of hydrogen-bond donors (Lipinski definition) is 5. The van der Waals surface area contributed by atoms with E-state index in [2.05, 4.69) is 20.6 Å². The predicted molar refractivity (Wildman–Crippen MR) is 144 cm³/mol. The number of ether oxygens (including phenoxy) is 1. The summed E-state index contributed by atoms with van der Waals surface area (Å²) < 4.78 is 8.16. The number of unbranched alkanes of at least 4 members (excludes halogenated alkanes) is 1. The van der Waals surface area contributed by atoms with Crippen molar-refractivity contribution in [2.75, 3.05) is 26.2 Å². The molecule has 38 heavy (non-hydrogen) atoms. The minimum Gasteiger partial charge on any atom is -0.484 e. The van der Waals surface area contributed by atoms with E-state index >= 15 is 0 Å². The van der Waals surface area contributed by atoms with Crippen molar-refractivity contribution in [3.63, 3.8) is 0 Å². The summed E-state index contributed by atoms with van der Waals surface area (Å²) in [5.41, 5.74) is 11.7. The van der Waals surface area contributed by atoms with Gasteiger partial charge in [-0.15, -0.1) is 0 Å². The van der Waals surface area contributed by atoms with Gasteiger partial charge in [-0.2, -0.15) is 0 Å². The van der Waals surface area contributed by atoms with Crippen molar-refractivity contribution in [3.05, 3.63) is 45.1 Å². The van der Waals surface area contributed by atoms with Crippen molar-refractivity contribution < 1.29 is 14.3 Å². The number of fused-ring (bicyclic) bond motifs is 1. The molecule has 0 aliphatic heterocycles. The Balaban J connectivity index is 1.51. The second-order valence-electron chi connectivity index (χ2n) is 8.71. The summed E-state index contributed by atoms with van der Waals surface area (Å²) in [5, 5.41) is 5.36. The first-order chi connectivity index (χ1) is 18.3. The molecule has 0 fully saturated rings. The maximum atomic E-state index is 12.7. The number of carbonyl (C=O) groups is 2. The first-order valence-corrected chi connectivity index (χ1v) is 12.8. The molecule has 2 heterocycles. The van der Waals surface area contributed by atoms with Crippen molar-refractivity contribution >= 4 is 23.0 Å². The van der Waals surface area contributed by atoms with Crippen molar-refractivity contribution in [1.82, 2.24) is 29.7 Å². The summed E-state index contributed by atoms with van der Waals surface area (Å²) >= 11 is 0. The molecular formula is C25H36N8O5. The normalized spacial score (nSPS) is 11.9. The lowest BCUT2D eigenvalue weighted by molar-refractivity contribution is -0.124. The molecule has 0 saturated carbocycles. The predicted octanol–water partition coefficient (Wildman–Crippen LogP) is -0.339. The molecule has 0 bridgehead atoms. The fourth-order valence-corrected chi connectivity index (χ4v) is 3.93. The Morgan fingerprint density at radius 3 is 2.39 bits per heavy atom. The van der Waals surface area contributed by atoms with Gasteiger partial charge in [0.2, 0.25) is 5.91 Å². The SMILES string of the molecule is CCn1c(=O)c2[nH]c(-c3ccc(OCC(=O)NCCNC(=O)[C@H](N)CCCCN)cc3)nc2n(CC)c1=O. The number of benzene rings is 1. The quantitative estimate of drug-likeness (QED) is 0.175. The fourth-order valence-electron chi connectivity index (χ4n) is 3.93. The molecule has 2 aromatic heterocycles. The zero-order chi connectivity index (χ0) is 27.7. The van der Waals surface area contributed by atoms with Crippen LogP contribution in [0.4, 0.5) is 0 Å². The largest absolute Gasteiger partial charge is 0.484 e. The third-order valence-electron chi connectivity index (χ3n) is 6.04. The highest BCUT2D eigenvalue weighted by Crippen LogP contribution is 2.21. The molecule has 0 spiro atoms. The van der Waals surface area contributed by atoms with Crippen LogP contribution in [0.5, 0.6) is 5.75 Å². The molecule has 0 aliphatic rings. The lowest BCUT2D eigenvalue weighted by Crippen LogP contribution is -2.44. The van der Waals surface area contributed by atoms with Gasteiger partial charge in [-0.1, -0.05) is 6.42 Å². The number of nitrogens with zero attached hydrogens (tertiary/aromatic N) is 3. The molecule has 13 heteroatoms. The van der Waals surface area contributed by atoms with Gasteiger partial charge in [0, 0.05) is 31.7 Å². The van der Waals surface area contributed by atoms with E-state index in [1.165, 1.54) is 9.13 Å². The van der Waals surface area contributed by atoms with Gasteiger partial charge in [0.1, 0.15) is 17.1 Å². The zero-order valence-electron chi connectivity index (χ0n) is 21.8. The summed E-state index contributed by atoms with van der Waals surface area (Å²) in [6, 6.07) is 6.25. The van der Waals surface area contributed by atoms with Crippen LogP contribution in [0.3, 0.4) is 0 Å². The van der Waals surface area contributed by atoms with Crippen LogP contribution in [0, 0.1) is 0 Å². The average molecular weight is 529 g/mol. The Morgan fingerprint density at radius 1 is 1.05 bits per heavy atom. The van der Waals surface area contributed by atoms with Gasteiger partial charge >= 0.3 is 5.69 Å². The Morgan fingerprint density at radius 2 is 1.74 bits per heavy atom. The van der Waals surface area contributed by atoms with Crippen molar-refractivity contribution in [3.8, 4) is 17.1 Å². The molecule has 3 rings (SSSR count). The second-order valence-corrected chi connectivity index (χ2v) is 8.71. The molecule has 206 valence electrons. The van der Waals surface area contributed by atoms with Crippen molar-refractivity contribution in [2.24, 2.45) is 11.5 Å². The molecule has 13 nitrogen and oxygen atoms in total. The highest BCUT2D eigenvalue weighted by Gasteiger charge is 2.17. The Hall–Kier alpha value is -3.97. The number of aromatic nitrogens is 4. The van der Waals surface area contributed by atoms with Gasteiger partial charge in [0.15, 0.2) is 12.3 Å². The van der Waals surface area contributed by atoms with E-state index in [-0.39, 0.29) is 43.6 Å². The number of nitrogens with two attached hydrogens (primary N) is 2. The van der Waals surface area contributed by atoms with Gasteiger partial charge in [0.25, 0.3) is 11.5 Å². The maximum Gasteiger partial charge on any atom is 0.332 e. The maximum absolute atomic E-state index is 12.7. The summed E-state index contributed by atoms with van der Waals surface area (Å²) in [6.45, 7) is 5.08. The number of imidazole rings is 1. The molecule has 7 N–H and O–H groups in total. The summed E-state index contributed by atoms with van der Waals surface area (Å²) in [6.07, 6.45) is 2.18. The third-order valence-corrected chi connectivity index (χ3v) is 6.04.